The van der Waals surface area contributed by atoms with Gasteiger partial charge in [0.05, 0.1) is 12.1 Å². The first-order valence-corrected chi connectivity index (χ1v) is 5.72. The summed E-state index contributed by atoms with van der Waals surface area (Å²) in [6, 6.07) is 8.22. The van der Waals surface area contributed by atoms with E-state index in [0.29, 0.717) is 10.9 Å². The molecule has 0 fully saturated rings. The number of aromatic amines is 1. The van der Waals surface area contributed by atoms with Crippen LogP contribution in [0.1, 0.15) is 10.4 Å². The number of hydrogen-bond acceptors (Lipinski definition) is 3. The van der Waals surface area contributed by atoms with Gasteiger partial charge in [-0.1, -0.05) is 18.2 Å². The van der Waals surface area contributed by atoms with Crippen LogP contribution in [0.15, 0.2) is 35.1 Å². The molecule has 0 atom stereocenters. The van der Waals surface area contributed by atoms with E-state index in [-0.39, 0.29) is 23.6 Å². The average Bonchev–Trinajstić information content (AvgIpc) is 2.43. The summed E-state index contributed by atoms with van der Waals surface area (Å²) in [5, 5.41) is 5.50. The molecule has 6 nitrogen and oxygen atoms in total. The van der Waals surface area contributed by atoms with Gasteiger partial charge in [-0.05, 0) is 6.07 Å². The zero-order valence-electron chi connectivity index (χ0n) is 10.3. The van der Waals surface area contributed by atoms with E-state index in [1.165, 1.54) is 13.1 Å². The zero-order valence-corrected chi connectivity index (χ0v) is 10.3. The van der Waals surface area contributed by atoms with Crippen molar-refractivity contribution in [2.45, 2.75) is 0 Å². The molecule has 0 saturated heterocycles. The molecule has 2 aromatic rings. The Labute approximate surface area is 108 Å². The monoisotopic (exact) mass is 259 g/mol. The second-order valence-electron chi connectivity index (χ2n) is 3.95. The molecule has 0 aliphatic carbocycles. The van der Waals surface area contributed by atoms with Crippen LogP contribution in [-0.2, 0) is 4.79 Å². The van der Waals surface area contributed by atoms with Crippen molar-refractivity contribution in [2.24, 2.45) is 0 Å². The van der Waals surface area contributed by atoms with Gasteiger partial charge in [-0.15, -0.1) is 0 Å². The number of carbonyl (C=O) groups excluding carboxylic acids is 2. The highest BCUT2D eigenvalue weighted by Crippen LogP contribution is 2.14. The number of carbonyl (C=O) groups is 2. The molecule has 1 aromatic carbocycles. The summed E-state index contributed by atoms with van der Waals surface area (Å²) in [6.45, 7) is -0.129. The molecule has 0 bridgehead atoms. The van der Waals surface area contributed by atoms with Gasteiger partial charge in [0.25, 0.3) is 5.91 Å². The van der Waals surface area contributed by atoms with Gasteiger partial charge in [-0.25, -0.2) is 0 Å². The fraction of sp³-hybridized carbons (Fsp3) is 0.154. The number of fused-ring (bicyclic) bond motifs is 1. The molecular weight excluding hydrogens is 246 g/mol. The fourth-order valence-corrected chi connectivity index (χ4v) is 1.74. The smallest absolute Gasteiger partial charge is 0.252 e. The van der Waals surface area contributed by atoms with Crippen molar-refractivity contribution in [1.82, 2.24) is 15.6 Å². The number of benzene rings is 1. The van der Waals surface area contributed by atoms with Crippen LogP contribution in [0.3, 0.4) is 0 Å². The minimum atomic E-state index is -0.453. The first-order valence-electron chi connectivity index (χ1n) is 5.72. The minimum Gasteiger partial charge on any atom is -0.358 e. The Morgan fingerprint density at radius 2 is 2.00 bits per heavy atom. The Morgan fingerprint density at radius 1 is 1.26 bits per heavy atom. The summed E-state index contributed by atoms with van der Waals surface area (Å²) >= 11 is 0. The van der Waals surface area contributed by atoms with Crippen LogP contribution in [0.5, 0.6) is 0 Å². The van der Waals surface area contributed by atoms with Crippen LogP contribution in [0.2, 0.25) is 0 Å². The van der Waals surface area contributed by atoms with Gasteiger partial charge in [0, 0.05) is 24.0 Å². The number of para-hydroxylation sites is 1. The van der Waals surface area contributed by atoms with E-state index in [1.807, 2.05) is 0 Å². The molecular formula is C13H13N3O3. The van der Waals surface area contributed by atoms with Crippen molar-refractivity contribution in [3.8, 4) is 0 Å². The maximum absolute atomic E-state index is 12.0. The molecule has 2 amide bonds. The van der Waals surface area contributed by atoms with Crippen molar-refractivity contribution in [3.63, 3.8) is 0 Å². The standard InChI is InChI=1S/C13H13N3O3/c1-14-12(18)7-15-13(19)9-6-11(17)16-10-5-3-2-4-8(9)10/h2-6H,7H2,1H3,(H,14,18)(H,15,19)(H,16,17). The molecule has 0 aliphatic rings. The second kappa shape index (κ2) is 5.34. The molecule has 0 unspecified atom stereocenters. The molecule has 0 radical (unpaired) electrons. The third-order valence-electron chi connectivity index (χ3n) is 2.68. The summed E-state index contributed by atoms with van der Waals surface area (Å²) in [5.41, 5.74) is 0.479. The van der Waals surface area contributed by atoms with Gasteiger partial charge < -0.3 is 15.6 Å². The van der Waals surface area contributed by atoms with E-state index in [4.69, 9.17) is 0 Å². The molecule has 6 heteroatoms. The molecule has 1 aromatic heterocycles. The number of pyridine rings is 1. The highest BCUT2D eigenvalue weighted by molar-refractivity contribution is 6.06. The van der Waals surface area contributed by atoms with Gasteiger partial charge in [0.1, 0.15) is 0 Å². The van der Waals surface area contributed by atoms with Crippen LogP contribution in [0.4, 0.5) is 0 Å². The van der Waals surface area contributed by atoms with E-state index in [1.54, 1.807) is 24.3 Å². The molecule has 1 heterocycles. The molecule has 19 heavy (non-hydrogen) atoms. The Bertz CT molecular complexity index is 691. The summed E-state index contributed by atoms with van der Waals surface area (Å²) in [6.07, 6.45) is 0. The fourth-order valence-electron chi connectivity index (χ4n) is 1.74. The third-order valence-corrected chi connectivity index (χ3v) is 2.68. The number of rotatable bonds is 3. The first-order chi connectivity index (χ1) is 9.11. The van der Waals surface area contributed by atoms with E-state index < -0.39 is 5.91 Å². The van der Waals surface area contributed by atoms with Crippen LogP contribution in [-0.4, -0.2) is 30.4 Å². The van der Waals surface area contributed by atoms with Gasteiger partial charge in [0.15, 0.2) is 0 Å². The predicted molar refractivity (Wildman–Crippen MR) is 71.0 cm³/mol. The summed E-state index contributed by atoms with van der Waals surface area (Å²) < 4.78 is 0. The van der Waals surface area contributed by atoms with Crippen molar-refractivity contribution >= 4 is 22.7 Å². The van der Waals surface area contributed by atoms with Crippen molar-refractivity contribution < 1.29 is 9.59 Å². The highest BCUT2D eigenvalue weighted by Gasteiger charge is 2.12. The van der Waals surface area contributed by atoms with Crippen LogP contribution in [0, 0.1) is 0 Å². The highest BCUT2D eigenvalue weighted by atomic mass is 16.2. The van der Waals surface area contributed by atoms with Crippen molar-refractivity contribution in [2.75, 3.05) is 13.6 Å². The van der Waals surface area contributed by atoms with Crippen LogP contribution in [0.25, 0.3) is 10.9 Å². The zero-order chi connectivity index (χ0) is 13.8. The van der Waals surface area contributed by atoms with E-state index in [0.717, 1.165) is 0 Å². The minimum absolute atomic E-state index is 0.129. The molecule has 0 saturated carbocycles. The van der Waals surface area contributed by atoms with Crippen molar-refractivity contribution in [3.05, 3.63) is 46.2 Å². The van der Waals surface area contributed by atoms with E-state index in [9.17, 15) is 14.4 Å². The molecule has 3 N–H and O–H groups in total. The lowest BCUT2D eigenvalue weighted by Gasteiger charge is -2.07. The van der Waals surface area contributed by atoms with Crippen LogP contribution < -0.4 is 16.2 Å². The summed E-state index contributed by atoms with van der Waals surface area (Å²) in [4.78, 5) is 37.2. The number of hydrogen-bond donors (Lipinski definition) is 3. The lowest BCUT2D eigenvalue weighted by Crippen LogP contribution is -2.35. The lowest BCUT2D eigenvalue weighted by atomic mass is 10.1. The first kappa shape index (κ1) is 12.8. The number of H-pyrrole nitrogens is 1. The molecule has 0 spiro atoms. The maximum atomic E-state index is 12.0. The number of amides is 2. The average molecular weight is 259 g/mol. The van der Waals surface area contributed by atoms with Gasteiger partial charge in [0.2, 0.25) is 11.5 Å². The number of likely N-dealkylation sites (N-methyl/N-ethyl adjacent to an activating group) is 1. The molecule has 2 rings (SSSR count). The summed E-state index contributed by atoms with van der Waals surface area (Å²) in [5.74, 6) is -0.756. The van der Waals surface area contributed by atoms with Crippen molar-refractivity contribution in [1.29, 1.82) is 0 Å². The molecule has 0 aliphatic heterocycles. The van der Waals surface area contributed by atoms with E-state index in [2.05, 4.69) is 15.6 Å². The summed E-state index contributed by atoms with van der Waals surface area (Å²) in [7, 11) is 1.48. The van der Waals surface area contributed by atoms with Gasteiger partial charge in [-0.3, -0.25) is 14.4 Å². The maximum Gasteiger partial charge on any atom is 0.252 e. The Morgan fingerprint density at radius 3 is 2.74 bits per heavy atom. The lowest BCUT2D eigenvalue weighted by molar-refractivity contribution is -0.119. The Hall–Kier alpha value is -2.63. The topological polar surface area (TPSA) is 91.1 Å². The Kier molecular flexibility index (Phi) is 3.61. The number of aromatic nitrogens is 1. The molecule has 98 valence electrons. The van der Waals surface area contributed by atoms with Gasteiger partial charge in [-0.2, -0.15) is 0 Å². The quantitative estimate of drug-likeness (QED) is 0.724. The Balaban J connectivity index is 2.36. The number of nitrogens with one attached hydrogen (secondary N) is 3. The third kappa shape index (κ3) is 2.79. The normalized spacial score (nSPS) is 10.2. The predicted octanol–water partition coefficient (Wildman–Crippen LogP) is 0.00390. The van der Waals surface area contributed by atoms with Gasteiger partial charge >= 0.3 is 0 Å². The van der Waals surface area contributed by atoms with Crippen LogP contribution >= 0.6 is 0 Å². The second-order valence-corrected chi connectivity index (χ2v) is 3.95. The van der Waals surface area contributed by atoms with E-state index >= 15 is 0 Å². The SMILES string of the molecule is CNC(=O)CNC(=O)c1cc(=O)[nH]c2ccccc12. The largest absolute Gasteiger partial charge is 0.358 e.